The van der Waals surface area contributed by atoms with E-state index in [1.165, 1.54) is 103 Å². The molecule has 0 aromatic carbocycles. The molecule has 0 spiro atoms. The molecule has 5 heteroatoms. The number of esters is 1. The first-order chi connectivity index (χ1) is 15.2. The number of hydrogen-bond acceptors (Lipinski definition) is 2. The van der Waals surface area contributed by atoms with Gasteiger partial charge in [0, 0.05) is 13.3 Å². The van der Waals surface area contributed by atoms with E-state index in [0.29, 0.717) is 0 Å². The van der Waals surface area contributed by atoms with Gasteiger partial charge in [-0.05, 0) is 18.9 Å². The average Bonchev–Trinajstić information content (AvgIpc) is 2.75. The van der Waals surface area contributed by atoms with E-state index >= 15 is 0 Å². The number of unbranched alkanes of at least 4 members (excludes halogenated alkanes) is 14. The largest absolute Gasteiger partial charge is 0.412 e. The van der Waals surface area contributed by atoms with Crippen LogP contribution in [0.25, 0.3) is 0 Å². The molecular formula is C26H56N3O2+3. The molecule has 0 aliphatic rings. The van der Waals surface area contributed by atoms with E-state index in [1.54, 1.807) is 0 Å². The fourth-order valence-corrected chi connectivity index (χ4v) is 3.89. The highest BCUT2D eigenvalue weighted by atomic mass is 16.6. The summed E-state index contributed by atoms with van der Waals surface area (Å²) in [5, 5.41) is 4.33. The van der Waals surface area contributed by atoms with Gasteiger partial charge in [-0.3, -0.25) is 4.79 Å². The van der Waals surface area contributed by atoms with Crippen LogP contribution in [-0.2, 0) is 9.53 Å². The Bertz CT molecular complexity index is 402. The minimum atomic E-state index is -0.191. The number of ether oxygens (including phenoxy) is 1. The SMILES string of the molecule is CCCCCCCCCCCCCCCC/C=C\[NH2+]CCC([NH2+]CCC[NH3+])OC(C)=O. The fourth-order valence-electron chi connectivity index (χ4n) is 3.89. The van der Waals surface area contributed by atoms with Gasteiger partial charge in [0.15, 0.2) is 0 Å². The van der Waals surface area contributed by atoms with Crippen molar-refractivity contribution in [3.8, 4) is 0 Å². The first kappa shape index (κ1) is 30.1. The topological polar surface area (TPSA) is 87.2 Å². The molecule has 5 nitrogen and oxygen atoms in total. The van der Waals surface area contributed by atoms with Gasteiger partial charge >= 0.3 is 5.97 Å². The van der Waals surface area contributed by atoms with Gasteiger partial charge in [-0.2, -0.15) is 0 Å². The summed E-state index contributed by atoms with van der Waals surface area (Å²) >= 11 is 0. The zero-order valence-electron chi connectivity index (χ0n) is 21.1. The van der Waals surface area contributed by atoms with Crippen LogP contribution in [0.3, 0.4) is 0 Å². The molecule has 1 atom stereocenters. The van der Waals surface area contributed by atoms with E-state index in [0.717, 1.165) is 32.5 Å². The van der Waals surface area contributed by atoms with Gasteiger partial charge in [0.1, 0.15) is 0 Å². The quantitative estimate of drug-likeness (QED) is 0.121. The number of carbonyl (C=O) groups is 1. The predicted molar refractivity (Wildman–Crippen MR) is 130 cm³/mol. The van der Waals surface area contributed by atoms with E-state index in [1.807, 2.05) is 0 Å². The summed E-state index contributed by atoms with van der Waals surface area (Å²) in [4.78, 5) is 11.2. The van der Waals surface area contributed by atoms with Crippen molar-refractivity contribution in [2.45, 2.75) is 129 Å². The molecule has 0 amide bonds. The molecule has 0 bridgehead atoms. The van der Waals surface area contributed by atoms with Gasteiger partial charge in [0.05, 0.1) is 32.3 Å². The Kier molecular flexibility index (Phi) is 24.6. The summed E-state index contributed by atoms with van der Waals surface area (Å²) in [7, 11) is 0. The van der Waals surface area contributed by atoms with Crippen molar-refractivity contribution < 1.29 is 25.9 Å². The van der Waals surface area contributed by atoms with Crippen LogP contribution in [0.5, 0.6) is 0 Å². The standard InChI is InChI=1S/C26H53N3O2/c1-3-4-5-6-7-8-9-10-11-12-13-14-15-16-17-18-22-28-24-20-26(31-25(2)30)29-23-19-21-27/h18,22,26,28-29H,3-17,19-21,23-24,27H2,1-2H3/p+3/b22-18-. The Morgan fingerprint density at radius 1 is 0.839 bits per heavy atom. The molecule has 0 saturated heterocycles. The molecule has 0 heterocycles. The molecule has 0 fully saturated rings. The number of carbonyl (C=O) groups excluding carboxylic acids is 1. The highest BCUT2D eigenvalue weighted by Crippen LogP contribution is 2.13. The lowest BCUT2D eigenvalue weighted by Gasteiger charge is -2.13. The van der Waals surface area contributed by atoms with Crippen molar-refractivity contribution in [2.75, 3.05) is 19.6 Å². The second-order valence-electron chi connectivity index (χ2n) is 9.01. The van der Waals surface area contributed by atoms with Crippen molar-refractivity contribution in [3.05, 3.63) is 12.3 Å². The summed E-state index contributed by atoms with van der Waals surface area (Å²) in [5.74, 6) is -0.191. The van der Waals surface area contributed by atoms with Crippen LogP contribution in [0.4, 0.5) is 0 Å². The van der Waals surface area contributed by atoms with E-state index < -0.39 is 0 Å². The molecule has 31 heavy (non-hydrogen) atoms. The Labute approximate surface area is 193 Å². The van der Waals surface area contributed by atoms with Crippen molar-refractivity contribution >= 4 is 5.97 Å². The van der Waals surface area contributed by atoms with Crippen molar-refractivity contribution in [2.24, 2.45) is 0 Å². The maximum absolute atomic E-state index is 11.2. The third-order valence-corrected chi connectivity index (χ3v) is 5.82. The van der Waals surface area contributed by atoms with Gasteiger partial charge in [0.25, 0.3) is 0 Å². The number of nitrogens with two attached hydrogens (primary N) is 2. The summed E-state index contributed by atoms with van der Waals surface area (Å²) < 4.78 is 5.37. The maximum Gasteiger partial charge on any atom is 0.307 e. The molecule has 0 aromatic rings. The smallest absolute Gasteiger partial charge is 0.307 e. The molecule has 0 aromatic heterocycles. The summed E-state index contributed by atoms with van der Waals surface area (Å²) in [5.41, 5.74) is 3.86. The highest BCUT2D eigenvalue weighted by Gasteiger charge is 2.14. The number of rotatable bonds is 24. The molecule has 7 N–H and O–H groups in total. The summed E-state index contributed by atoms with van der Waals surface area (Å²) in [6.45, 7) is 6.62. The Morgan fingerprint density at radius 3 is 1.90 bits per heavy atom. The van der Waals surface area contributed by atoms with Gasteiger partial charge < -0.3 is 21.1 Å². The molecule has 184 valence electrons. The number of hydrogen-bond donors (Lipinski definition) is 3. The Balaban J connectivity index is 3.38. The molecule has 0 rings (SSSR count). The minimum absolute atomic E-state index is 0.0560. The fraction of sp³-hybridized carbons (Fsp3) is 0.885. The Hall–Kier alpha value is -0.910. The van der Waals surface area contributed by atoms with Crippen LogP contribution in [0.1, 0.15) is 123 Å². The molecule has 0 aliphatic carbocycles. The van der Waals surface area contributed by atoms with Crippen molar-refractivity contribution in [3.63, 3.8) is 0 Å². The molecule has 0 radical (unpaired) electrons. The van der Waals surface area contributed by atoms with Crippen LogP contribution in [0.15, 0.2) is 12.3 Å². The molecule has 0 saturated carbocycles. The van der Waals surface area contributed by atoms with Crippen LogP contribution < -0.4 is 16.4 Å². The average molecular weight is 443 g/mol. The van der Waals surface area contributed by atoms with E-state index in [4.69, 9.17) is 4.74 Å². The second kappa shape index (κ2) is 25.4. The third-order valence-electron chi connectivity index (χ3n) is 5.82. The normalized spacial score (nSPS) is 12.5. The number of quaternary nitrogens is 3. The van der Waals surface area contributed by atoms with Gasteiger partial charge in [-0.1, -0.05) is 90.4 Å². The maximum atomic E-state index is 11.2. The second-order valence-corrected chi connectivity index (χ2v) is 9.01. The van der Waals surface area contributed by atoms with Crippen LogP contribution in [0, 0.1) is 0 Å². The van der Waals surface area contributed by atoms with Crippen molar-refractivity contribution in [1.29, 1.82) is 0 Å². The zero-order chi connectivity index (χ0) is 22.8. The summed E-state index contributed by atoms with van der Waals surface area (Å²) in [6.07, 6.45) is 27.3. The third kappa shape index (κ3) is 25.2. The minimum Gasteiger partial charge on any atom is -0.412 e. The molecular weight excluding hydrogens is 386 g/mol. The van der Waals surface area contributed by atoms with Crippen LogP contribution in [-0.4, -0.2) is 31.8 Å². The lowest BCUT2D eigenvalue weighted by molar-refractivity contribution is -0.729. The van der Waals surface area contributed by atoms with Crippen molar-refractivity contribution in [1.82, 2.24) is 0 Å². The first-order valence-electron chi connectivity index (χ1n) is 13.5. The molecule has 0 aliphatic heterocycles. The van der Waals surface area contributed by atoms with E-state index in [-0.39, 0.29) is 12.2 Å². The zero-order valence-corrected chi connectivity index (χ0v) is 21.1. The monoisotopic (exact) mass is 442 g/mol. The van der Waals surface area contributed by atoms with Gasteiger partial charge in [-0.25, -0.2) is 0 Å². The van der Waals surface area contributed by atoms with E-state index in [2.05, 4.69) is 35.6 Å². The van der Waals surface area contributed by atoms with E-state index in [9.17, 15) is 4.79 Å². The van der Waals surface area contributed by atoms with Gasteiger partial charge in [-0.15, -0.1) is 0 Å². The lowest BCUT2D eigenvalue weighted by Crippen LogP contribution is -2.92. The number of allylic oxidation sites excluding steroid dienone is 1. The summed E-state index contributed by atoms with van der Waals surface area (Å²) in [6, 6.07) is 0. The first-order valence-corrected chi connectivity index (χ1v) is 13.5. The van der Waals surface area contributed by atoms with Crippen LogP contribution >= 0.6 is 0 Å². The Morgan fingerprint density at radius 2 is 1.39 bits per heavy atom. The lowest BCUT2D eigenvalue weighted by atomic mass is 10.0. The van der Waals surface area contributed by atoms with Crippen LogP contribution in [0.2, 0.25) is 0 Å². The highest BCUT2D eigenvalue weighted by molar-refractivity contribution is 5.65. The van der Waals surface area contributed by atoms with Gasteiger partial charge in [0.2, 0.25) is 6.23 Å². The predicted octanol–water partition coefficient (Wildman–Crippen LogP) is 3.41. The molecule has 1 unspecified atom stereocenters.